The molecule has 0 aromatic heterocycles. The molecule has 0 aliphatic rings. The van der Waals surface area contributed by atoms with Crippen molar-refractivity contribution in [2.75, 3.05) is 0 Å². The van der Waals surface area contributed by atoms with E-state index in [4.69, 9.17) is 0 Å². The number of carbonyl (C=O) groups is 2. The Morgan fingerprint density at radius 2 is 1.08 bits per heavy atom. The van der Waals surface area contributed by atoms with E-state index in [9.17, 15) is 19.8 Å². The van der Waals surface area contributed by atoms with Gasteiger partial charge in [-0.15, -0.1) is 0 Å². The van der Waals surface area contributed by atoms with Crippen LogP contribution >= 0.6 is 0 Å². The zero-order chi connectivity index (χ0) is 10.2. The number of Topliss-reactive ketones (excluding diaryl/α,β-unsaturated/α-hetero) is 2. The second-order valence-electron chi connectivity index (χ2n) is 3.26. The fourth-order valence-corrected chi connectivity index (χ4v) is 0.686. The summed E-state index contributed by atoms with van der Waals surface area (Å²) in [6.07, 6.45) is 0. The maximum Gasteiger partial charge on any atom is 0.164 e. The third kappa shape index (κ3) is 1.54. The number of aliphatic hydroxyl groups is 2. The van der Waals surface area contributed by atoms with Crippen molar-refractivity contribution in [3.63, 3.8) is 0 Å². The molecule has 0 fully saturated rings. The zero-order valence-electron chi connectivity index (χ0n) is 7.71. The highest BCUT2D eigenvalue weighted by Crippen LogP contribution is 2.23. The maximum atomic E-state index is 10.9. The Kier molecular flexibility index (Phi) is 2.77. The van der Waals surface area contributed by atoms with E-state index in [1.165, 1.54) is 0 Å². The Morgan fingerprint density at radius 1 is 0.917 bits per heavy atom. The lowest BCUT2D eigenvalue weighted by atomic mass is 9.80. The van der Waals surface area contributed by atoms with Crippen LogP contribution in [0.1, 0.15) is 27.7 Å². The maximum absolute atomic E-state index is 10.9. The van der Waals surface area contributed by atoms with Crippen LogP contribution in [0.2, 0.25) is 0 Å². The number of carbonyl (C=O) groups excluding carboxylic acids is 2. The largest absolute Gasteiger partial charge is 0.379 e. The minimum atomic E-state index is -2.02. The molecule has 0 bridgehead atoms. The van der Waals surface area contributed by atoms with Crippen LogP contribution in [0.25, 0.3) is 0 Å². The van der Waals surface area contributed by atoms with Crippen LogP contribution in [-0.4, -0.2) is 33.0 Å². The van der Waals surface area contributed by atoms with Gasteiger partial charge in [0.2, 0.25) is 0 Å². The molecule has 12 heavy (non-hydrogen) atoms. The van der Waals surface area contributed by atoms with Gasteiger partial charge in [0.1, 0.15) is 0 Å². The number of hydrogen-bond donors (Lipinski definition) is 2. The van der Waals surface area contributed by atoms with Crippen LogP contribution in [0.5, 0.6) is 0 Å². The van der Waals surface area contributed by atoms with Crippen molar-refractivity contribution in [3.05, 3.63) is 0 Å². The predicted octanol–water partition coefficient (Wildman–Crippen LogP) is -0.334. The Balaban J connectivity index is 5.01. The molecule has 0 aliphatic heterocycles. The lowest BCUT2D eigenvalue weighted by Crippen LogP contribution is -2.58. The van der Waals surface area contributed by atoms with E-state index in [1.54, 1.807) is 0 Å². The number of rotatable bonds is 3. The van der Waals surface area contributed by atoms with E-state index in [1.807, 2.05) is 0 Å². The molecule has 70 valence electrons. The fourth-order valence-electron chi connectivity index (χ4n) is 0.686. The molecule has 0 amide bonds. The molecule has 2 atom stereocenters. The van der Waals surface area contributed by atoms with Crippen LogP contribution in [0.3, 0.4) is 0 Å². The Hall–Kier alpha value is -0.740. The molecule has 2 unspecified atom stereocenters. The van der Waals surface area contributed by atoms with Gasteiger partial charge < -0.3 is 10.2 Å². The van der Waals surface area contributed by atoms with Crippen molar-refractivity contribution in [3.8, 4) is 0 Å². The summed E-state index contributed by atoms with van der Waals surface area (Å²) >= 11 is 0. The average Bonchev–Trinajstić information content (AvgIpc) is 1.86. The first-order valence-corrected chi connectivity index (χ1v) is 3.61. The standard InChI is InChI=1S/C8H14O4/c1-5(9)7(3,11)8(4,12)6(2)10/h11-12H,1-4H3. The molecule has 0 saturated heterocycles. The molecule has 0 aromatic carbocycles. The highest BCUT2D eigenvalue weighted by Gasteiger charge is 2.49. The lowest BCUT2D eigenvalue weighted by molar-refractivity contribution is -0.172. The van der Waals surface area contributed by atoms with Gasteiger partial charge in [-0.2, -0.15) is 0 Å². The van der Waals surface area contributed by atoms with Crippen LogP contribution in [-0.2, 0) is 9.59 Å². The molecule has 0 aliphatic carbocycles. The number of ketones is 2. The molecule has 0 radical (unpaired) electrons. The first-order valence-electron chi connectivity index (χ1n) is 3.61. The quantitative estimate of drug-likeness (QED) is 0.614. The molecule has 0 aromatic rings. The monoisotopic (exact) mass is 174 g/mol. The van der Waals surface area contributed by atoms with Gasteiger partial charge in [0.15, 0.2) is 22.8 Å². The summed E-state index contributed by atoms with van der Waals surface area (Å²) in [5.74, 6) is -1.27. The second kappa shape index (κ2) is 2.95. The minimum Gasteiger partial charge on any atom is -0.379 e. The Labute approximate surface area is 71.2 Å². The van der Waals surface area contributed by atoms with Crippen molar-refractivity contribution in [2.24, 2.45) is 0 Å². The van der Waals surface area contributed by atoms with Crippen molar-refractivity contribution >= 4 is 11.6 Å². The summed E-state index contributed by atoms with van der Waals surface area (Å²) < 4.78 is 0. The molecule has 2 N–H and O–H groups in total. The molecule has 0 spiro atoms. The molecular weight excluding hydrogens is 160 g/mol. The van der Waals surface area contributed by atoms with Gasteiger partial charge in [0.25, 0.3) is 0 Å². The zero-order valence-corrected chi connectivity index (χ0v) is 7.71. The summed E-state index contributed by atoms with van der Waals surface area (Å²) in [4.78, 5) is 21.7. The first-order chi connectivity index (χ1) is 5.14. The van der Waals surface area contributed by atoms with Gasteiger partial charge in [-0.1, -0.05) is 0 Å². The van der Waals surface area contributed by atoms with Crippen LogP contribution in [0.15, 0.2) is 0 Å². The summed E-state index contributed by atoms with van der Waals surface area (Å²) in [6, 6.07) is 0. The topological polar surface area (TPSA) is 74.6 Å². The van der Waals surface area contributed by atoms with Gasteiger partial charge in [-0.3, -0.25) is 9.59 Å². The summed E-state index contributed by atoms with van der Waals surface area (Å²) in [5.41, 5.74) is -4.03. The van der Waals surface area contributed by atoms with Crippen molar-refractivity contribution in [1.82, 2.24) is 0 Å². The SMILES string of the molecule is CC(=O)C(C)(O)C(C)(O)C(C)=O. The fraction of sp³-hybridized carbons (Fsp3) is 0.750. The van der Waals surface area contributed by atoms with E-state index in [2.05, 4.69) is 0 Å². The van der Waals surface area contributed by atoms with Crippen LogP contribution in [0.4, 0.5) is 0 Å². The highest BCUT2D eigenvalue weighted by atomic mass is 16.4. The van der Waals surface area contributed by atoms with Crippen molar-refractivity contribution < 1.29 is 19.8 Å². The molecule has 0 saturated carbocycles. The average molecular weight is 174 g/mol. The molecule has 4 heteroatoms. The highest BCUT2D eigenvalue weighted by molar-refractivity contribution is 5.96. The van der Waals surface area contributed by atoms with E-state index >= 15 is 0 Å². The molecule has 0 rings (SSSR count). The molecule has 0 heterocycles. The van der Waals surface area contributed by atoms with Crippen LogP contribution < -0.4 is 0 Å². The molecule has 4 nitrogen and oxygen atoms in total. The predicted molar refractivity (Wildman–Crippen MR) is 42.6 cm³/mol. The summed E-state index contributed by atoms with van der Waals surface area (Å²) in [7, 11) is 0. The number of hydrogen-bond acceptors (Lipinski definition) is 4. The summed E-state index contributed by atoms with van der Waals surface area (Å²) in [6.45, 7) is 4.49. The first kappa shape index (κ1) is 11.3. The second-order valence-corrected chi connectivity index (χ2v) is 3.26. The third-order valence-corrected chi connectivity index (χ3v) is 2.32. The summed E-state index contributed by atoms with van der Waals surface area (Å²) in [5, 5.41) is 18.9. The van der Waals surface area contributed by atoms with Crippen molar-refractivity contribution in [1.29, 1.82) is 0 Å². The minimum absolute atomic E-state index is 0.636. The Bertz CT molecular complexity index is 191. The van der Waals surface area contributed by atoms with Gasteiger partial charge in [0, 0.05) is 0 Å². The lowest BCUT2D eigenvalue weighted by Gasteiger charge is -2.33. The van der Waals surface area contributed by atoms with E-state index < -0.39 is 22.8 Å². The van der Waals surface area contributed by atoms with Gasteiger partial charge in [0.05, 0.1) is 0 Å². The molecular formula is C8H14O4. The van der Waals surface area contributed by atoms with E-state index in [0.717, 1.165) is 27.7 Å². The third-order valence-electron chi connectivity index (χ3n) is 2.32. The van der Waals surface area contributed by atoms with Gasteiger partial charge in [-0.25, -0.2) is 0 Å². The smallest absolute Gasteiger partial charge is 0.164 e. The van der Waals surface area contributed by atoms with Gasteiger partial charge >= 0.3 is 0 Å². The Morgan fingerprint density at radius 3 is 1.17 bits per heavy atom. The van der Waals surface area contributed by atoms with Crippen LogP contribution in [0, 0.1) is 0 Å². The normalized spacial score (nSPS) is 20.8. The van der Waals surface area contributed by atoms with Gasteiger partial charge in [-0.05, 0) is 27.7 Å². The van der Waals surface area contributed by atoms with E-state index in [-0.39, 0.29) is 0 Å². The van der Waals surface area contributed by atoms with Crippen molar-refractivity contribution in [2.45, 2.75) is 38.9 Å². The van der Waals surface area contributed by atoms with E-state index in [0.29, 0.717) is 0 Å².